The summed E-state index contributed by atoms with van der Waals surface area (Å²) in [5.41, 5.74) is 1.21. The number of hydrogen-bond donors (Lipinski definition) is 1. The molecule has 0 radical (unpaired) electrons. The minimum absolute atomic E-state index is 0.0471. The van der Waals surface area contributed by atoms with Crippen molar-refractivity contribution in [2.45, 2.75) is 32.2 Å². The summed E-state index contributed by atoms with van der Waals surface area (Å²) in [6.45, 7) is 3.06. The molecule has 1 aromatic carbocycles. The Kier molecular flexibility index (Phi) is 4.75. The average molecular weight is 271 g/mol. The molecule has 20 heavy (non-hydrogen) atoms. The van der Waals surface area contributed by atoms with Crippen molar-refractivity contribution in [2.24, 2.45) is 5.92 Å². The van der Waals surface area contributed by atoms with E-state index in [0.29, 0.717) is 17.2 Å². The number of hydrogen-bond acceptors (Lipinski definition) is 3. The first-order chi connectivity index (χ1) is 9.67. The molecule has 0 aliphatic carbocycles. The molecule has 0 bridgehead atoms. The van der Waals surface area contributed by atoms with Crippen LogP contribution in [0.4, 0.5) is 5.69 Å². The topological polar surface area (TPSA) is 56.1 Å². The molecule has 1 aliphatic heterocycles. The molecule has 106 valence electrons. The van der Waals surface area contributed by atoms with Gasteiger partial charge < -0.3 is 10.2 Å². The van der Waals surface area contributed by atoms with Gasteiger partial charge in [-0.2, -0.15) is 5.26 Å². The maximum atomic E-state index is 12.6. The van der Waals surface area contributed by atoms with Crippen LogP contribution in [0.5, 0.6) is 0 Å². The van der Waals surface area contributed by atoms with Gasteiger partial charge in [0, 0.05) is 7.05 Å². The SMILES string of the molecule is CCC1CCNC(C(=O)N(C)c2ccccc2C#N)C1. The van der Waals surface area contributed by atoms with Gasteiger partial charge in [0.2, 0.25) is 5.91 Å². The number of benzene rings is 1. The first-order valence-electron chi connectivity index (χ1n) is 7.17. The van der Waals surface area contributed by atoms with Crippen LogP contribution in [-0.4, -0.2) is 25.5 Å². The lowest BCUT2D eigenvalue weighted by Crippen LogP contribution is -2.49. The molecule has 0 saturated carbocycles. The molecule has 0 aromatic heterocycles. The van der Waals surface area contributed by atoms with Gasteiger partial charge in [-0.05, 0) is 37.4 Å². The smallest absolute Gasteiger partial charge is 0.243 e. The molecule has 1 aliphatic rings. The Balaban J connectivity index is 2.14. The summed E-state index contributed by atoms with van der Waals surface area (Å²) in [6, 6.07) is 9.22. The summed E-state index contributed by atoms with van der Waals surface area (Å²) < 4.78 is 0. The molecule has 2 rings (SSSR count). The Morgan fingerprint density at radius 1 is 1.50 bits per heavy atom. The molecular formula is C16H21N3O. The van der Waals surface area contributed by atoms with Gasteiger partial charge in [0.1, 0.15) is 6.07 Å². The molecule has 1 aromatic rings. The lowest BCUT2D eigenvalue weighted by Gasteiger charge is -2.32. The highest BCUT2D eigenvalue weighted by molar-refractivity contribution is 5.97. The number of carbonyl (C=O) groups excluding carboxylic acids is 1. The van der Waals surface area contributed by atoms with E-state index in [1.54, 1.807) is 18.0 Å². The monoisotopic (exact) mass is 271 g/mol. The molecule has 0 spiro atoms. The van der Waals surface area contributed by atoms with Gasteiger partial charge in [-0.25, -0.2) is 0 Å². The summed E-state index contributed by atoms with van der Waals surface area (Å²) in [5.74, 6) is 0.663. The minimum Gasteiger partial charge on any atom is -0.313 e. The van der Waals surface area contributed by atoms with E-state index in [2.05, 4.69) is 18.3 Å². The molecule has 2 atom stereocenters. The van der Waals surface area contributed by atoms with E-state index in [1.165, 1.54) is 0 Å². The van der Waals surface area contributed by atoms with E-state index in [1.807, 2.05) is 18.2 Å². The zero-order valence-electron chi connectivity index (χ0n) is 12.1. The number of nitrogens with zero attached hydrogens (tertiary/aromatic N) is 2. The highest BCUT2D eigenvalue weighted by Crippen LogP contribution is 2.23. The van der Waals surface area contributed by atoms with E-state index in [4.69, 9.17) is 5.26 Å². The Morgan fingerprint density at radius 3 is 2.95 bits per heavy atom. The molecular weight excluding hydrogens is 250 g/mol. The van der Waals surface area contributed by atoms with E-state index < -0.39 is 0 Å². The quantitative estimate of drug-likeness (QED) is 0.917. The molecule has 1 saturated heterocycles. The second kappa shape index (κ2) is 6.53. The first-order valence-corrected chi connectivity index (χ1v) is 7.17. The van der Waals surface area contributed by atoms with Crippen molar-refractivity contribution < 1.29 is 4.79 Å². The largest absolute Gasteiger partial charge is 0.313 e. The van der Waals surface area contributed by atoms with Crippen molar-refractivity contribution in [1.29, 1.82) is 5.26 Å². The number of nitriles is 1. The van der Waals surface area contributed by atoms with Crippen molar-refractivity contribution in [3.8, 4) is 6.07 Å². The molecule has 1 amide bonds. The highest BCUT2D eigenvalue weighted by Gasteiger charge is 2.29. The highest BCUT2D eigenvalue weighted by atomic mass is 16.2. The third kappa shape index (κ3) is 3.00. The van der Waals surface area contributed by atoms with Gasteiger partial charge in [0.15, 0.2) is 0 Å². The van der Waals surface area contributed by atoms with Crippen molar-refractivity contribution in [2.75, 3.05) is 18.5 Å². The number of nitrogens with one attached hydrogen (secondary N) is 1. The summed E-state index contributed by atoms with van der Waals surface area (Å²) in [5, 5.41) is 12.4. The van der Waals surface area contributed by atoms with Crippen LogP contribution in [0.2, 0.25) is 0 Å². The van der Waals surface area contributed by atoms with Crippen LogP contribution in [0.3, 0.4) is 0 Å². The van der Waals surface area contributed by atoms with Crippen LogP contribution in [0, 0.1) is 17.2 Å². The predicted molar refractivity (Wildman–Crippen MR) is 79.4 cm³/mol. The van der Waals surface area contributed by atoms with E-state index >= 15 is 0 Å². The second-order valence-electron chi connectivity index (χ2n) is 5.33. The Bertz CT molecular complexity index is 521. The Hall–Kier alpha value is -1.86. The summed E-state index contributed by atoms with van der Waals surface area (Å²) in [6.07, 6.45) is 3.14. The third-order valence-electron chi connectivity index (χ3n) is 4.10. The van der Waals surface area contributed by atoms with Crippen LogP contribution in [0.1, 0.15) is 31.7 Å². The number of piperidine rings is 1. The number of para-hydroxylation sites is 1. The van der Waals surface area contributed by atoms with Crippen LogP contribution in [0.15, 0.2) is 24.3 Å². The van der Waals surface area contributed by atoms with Crippen LogP contribution in [-0.2, 0) is 4.79 Å². The number of anilines is 1. The lowest BCUT2D eigenvalue weighted by atomic mass is 9.90. The fourth-order valence-electron chi connectivity index (χ4n) is 2.77. The summed E-state index contributed by atoms with van der Waals surface area (Å²) in [4.78, 5) is 14.2. The Labute approximate surface area is 120 Å². The van der Waals surface area contributed by atoms with Crippen LogP contribution in [0.25, 0.3) is 0 Å². The molecule has 1 fully saturated rings. The summed E-state index contributed by atoms with van der Waals surface area (Å²) >= 11 is 0. The van der Waals surface area contributed by atoms with Gasteiger partial charge in [-0.15, -0.1) is 0 Å². The fraction of sp³-hybridized carbons (Fsp3) is 0.500. The number of carbonyl (C=O) groups is 1. The summed E-state index contributed by atoms with van der Waals surface area (Å²) in [7, 11) is 1.75. The first kappa shape index (κ1) is 14.5. The van der Waals surface area contributed by atoms with E-state index in [-0.39, 0.29) is 11.9 Å². The maximum absolute atomic E-state index is 12.6. The van der Waals surface area contributed by atoms with Crippen molar-refractivity contribution in [3.05, 3.63) is 29.8 Å². The van der Waals surface area contributed by atoms with Gasteiger partial charge >= 0.3 is 0 Å². The minimum atomic E-state index is -0.134. The molecule has 1 heterocycles. The molecule has 4 nitrogen and oxygen atoms in total. The zero-order chi connectivity index (χ0) is 14.5. The average Bonchev–Trinajstić information content (AvgIpc) is 2.53. The standard InChI is InChI=1S/C16H21N3O/c1-3-12-8-9-18-14(10-12)16(20)19(2)15-7-5-4-6-13(15)11-17/h4-7,12,14,18H,3,8-10H2,1-2H3. The van der Waals surface area contributed by atoms with Crippen molar-refractivity contribution in [1.82, 2.24) is 5.32 Å². The van der Waals surface area contributed by atoms with Crippen LogP contribution < -0.4 is 10.2 Å². The molecule has 1 N–H and O–H groups in total. The van der Waals surface area contributed by atoms with E-state index in [9.17, 15) is 4.79 Å². The van der Waals surface area contributed by atoms with Gasteiger partial charge in [0.25, 0.3) is 0 Å². The Morgan fingerprint density at radius 2 is 2.25 bits per heavy atom. The lowest BCUT2D eigenvalue weighted by molar-refractivity contribution is -0.121. The van der Waals surface area contributed by atoms with E-state index in [0.717, 1.165) is 25.8 Å². The number of rotatable bonds is 3. The second-order valence-corrected chi connectivity index (χ2v) is 5.33. The van der Waals surface area contributed by atoms with Gasteiger partial charge in [-0.3, -0.25) is 4.79 Å². The number of amides is 1. The van der Waals surface area contributed by atoms with Crippen molar-refractivity contribution in [3.63, 3.8) is 0 Å². The fourth-order valence-corrected chi connectivity index (χ4v) is 2.77. The number of likely N-dealkylation sites (N-methyl/N-ethyl adjacent to an activating group) is 1. The van der Waals surface area contributed by atoms with Gasteiger partial charge in [0.05, 0.1) is 17.3 Å². The maximum Gasteiger partial charge on any atom is 0.243 e. The predicted octanol–water partition coefficient (Wildman–Crippen LogP) is 2.30. The molecule has 4 heteroatoms. The normalized spacial score (nSPS) is 22.1. The zero-order valence-corrected chi connectivity index (χ0v) is 12.1. The molecule has 2 unspecified atom stereocenters. The van der Waals surface area contributed by atoms with Crippen LogP contribution >= 0.6 is 0 Å². The third-order valence-corrected chi connectivity index (χ3v) is 4.10. The van der Waals surface area contributed by atoms with Crippen molar-refractivity contribution >= 4 is 11.6 Å². The van der Waals surface area contributed by atoms with Gasteiger partial charge in [-0.1, -0.05) is 25.5 Å².